The Kier molecular flexibility index (Phi) is 7.94. The number of rotatable bonds is 7. The van der Waals surface area contributed by atoms with E-state index in [1.807, 2.05) is 32.9 Å². The van der Waals surface area contributed by atoms with Gasteiger partial charge in [0.2, 0.25) is 10.0 Å². The van der Waals surface area contributed by atoms with Crippen LogP contribution in [0.25, 0.3) is 0 Å². The zero-order chi connectivity index (χ0) is 23.6. The summed E-state index contributed by atoms with van der Waals surface area (Å²) in [6.07, 6.45) is 1.05. The number of aliphatic hydroxyl groups excluding tert-OH is 1. The molecule has 0 spiro atoms. The van der Waals surface area contributed by atoms with Crippen molar-refractivity contribution in [1.29, 1.82) is 0 Å². The molecule has 2 atom stereocenters. The van der Waals surface area contributed by atoms with Crippen molar-refractivity contribution < 1.29 is 13.5 Å². The van der Waals surface area contributed by atoms with Gasteiger partial charge in [-0.2, -0.15) is 4.31 Å². The Hall–Kier alpha value is -1.57. The van der Waals surface area contributed by atoms with E-state index in [1.165, 1.54) is 0 Å². The van der Waals surface area contributed by atoms with Gasteiger partial charge in [0.25, 0.3) is 0 Å². The molecule has 8 heteroatoms. The quantitative estimate of drug-likeness (QED) is 0.532. The second-order valence-corrected chi connectivity index (χ2v) is 11.3. The zero-order valence-corrected chi connectivity index (χ0v) is 21.0. The van der Waals surface area contributed by atoms with Crippen molar-refractivity contribution in [3.05, 3.63) is 75.5 Å². The Morgan fingerprint density at radius 2 is 1.75 bits per heavy atom. The number of piperazine rings is 1. The molecule has 1 fully saturated rings. The molecular weight excluding hydrogens is 467 g/mol. The second kappa shape index (κ2) is 10.1. The molecule has 0 bridgehead atoms. The average molecular weight is 497 g/mol. The largest absolute Gasteiger partial charge is 0.513 e. The van der Waals surface area contributed by atoms with Crippen molar-refractivity contribution >= 4 is 33.2 Å². The molecular formula is C24H30Cl2N2O3S. The SMILES string of the molecule is C=C(O)Cc1cc(S(=O)(=O)N2[C@H](C)CN(CCc3ccc(Cl)c(Cl)c3)C[C@@H]2C)ccc1C. The Morgan fingerprint density at radius 1 is 1.09 bits per heavy atom. The van der Waals surface area contributed by atoms with Crippen molar-refractivity contribution in [2.24, 2.45) is 0 Å². The van der Waals surface area contributed by atoms with Crippen LogP contribution in [-0.4, -0.2) is 54.4 Å². The highest BCUT2D eigenvalue weighted by Crippen LogP contribution is 2.28. The van der Waals surface area contributed by atoms with E-state index >= 15 is 0 Å². The molecule has 2 aromatic carbocycles. The third-order valence-corrected chi connectivity index (χ3v) is 8.77. The van der Waals surface area contributed by atoms with E-state index in [2.05, 4.69) is 11.5 Å². The lowest BCUT2D eigenvalue weighted by Gasteiger charge is -2.43. The van der Waals surface area contributed by atoms with Crippen LogP contribution in [0.4, 0.5) is 0 Å². The first-order chi connectivity index (χ1) is 15.0. The van der Waals surface area contributed by atoms with E-state index in [9.17, 15) is 13.5 Å². The molecule has 0 aromatic heterocycles. The van der Waals surface area contributed by atoms with E-state index < -0.39 is 10.0 Å². The van der Waals surface area contributed by atoms with E-state index in [1.54, 1.807) is 28.6 Å². The zero-order valence-electron chi connectivity index (χ0n) is 18.7. The lowest BCUT2D eigenvalue weighted by atomic mass is 10.1. The molecule has 32 heavy (non-hydrogen) atoms. The standard InChI is InChI=1S/C24H30Cl2N2O3S/c1-16-5-7-22(13-21(16)11-19(4)29)32(30,31)28-17(2)14-27(15-18(28)3)10-9-20-6-8-23(25)24(26)12-20/h5-8,12-13,17-18,29H,4,9-11,14-15H2,1-3H3/t17-,18+. The Balaban J connectivity index is 1.73. The minimum absolute atomic E-state index is 0.0139. The number of aryl methyl sites for hydroxylation is 1. The van der Waals surface area contributed by atoms with Gasteiger partial charge in [-0.3, -0.25) is 4.90 Å². The minimum Gasteiger partial charge on any atom is -0.513 e. The van der Waals surface area contributed by atoms with Gasteiger partial charge in [0, 0.05) is 38.1 Å². The lowest BCUT2D eigenvalue weighted by molar-refractivity contribution is 0.103. The van der Waals surface area contributed by atoms with Crippen LogP contribution in [0.1, 0.15) is 30.5 Å². The highest BCUT2D eigenvalue weighted by Gasteiger charge is 2.38. The molecule has 5 nitrogen and oxygen atoms in total. The van der Waals surface area contributed by atoms with E-state index in [4.69, 9.17) is 23.2 Å². The van der Waals surface area contributed by atoms with Gasteiger partial charge in [-0.25, -0.2) is 8.42 Å². The summed E-state index contributed by atoms with van der Waals surface area (Å²) >= 11 is 12.1. The molecule has 1 heterocycles. The summed E-state index contributed by atoms with van der Waals surface area (Å²) in [5.41, 5.74) is 2.79. The first-order valence-electron chi connectivity index (χ1n) is 10.6. The summed E-state index contributed by atoms with van der Waals surface area (Å²) in [6.45, 7) is 11.4. The van der Waals surface area contributed by atoms with Gasteiger partial charge < -0.3 is 5.11 Å². The summed E-state index contributed by atoms with van der Waals surface area (Å²) in [4.78, 5) is 2.54. The van der Waals surface area contributed by atoms with E-state index in [0.717, 1.165) is 29.7 Å². The third-order valence-electron chi connectivity index (χ3n) is 5.90. The molecule has 1 aliphatic rings. The maximum absolute atomic E-state index is 13.5. The Morgan fingerprint density at radius 3 is 2.34 bits per heavy atom. The molecule has 0 radical (unpaired) electrons. The van der Waals surface area contributed by atoms with Gasteiger partial charge in [-0.05, 0) is 68.1 Å². The number of sulfonamides is 1. The molecule has 3 rings (SSSR count). The van der Waals surface area contributed by atoms with E-state index in [-0.39, 0.29) is 29.2 Å². The summed E-state index contributed by atoms with van der Waals surface area (Å²) in [5, 5.41) is 10.7. The van der Waals surface area contributed by atoms with Crippen LogP contribution in [-0.2, 0) is 22.9 Å². The fraction of sp³-hybridized carbons (Fsp3) is 0.417. The molecule has 0 aliphatic carbocycles. The fourth-order valence-electron chi connectivity index (χ4n) is 4.40. The van der Waals surface area contributed by atoms with Gasteiger partial charge in [-0.15, -0.1) is 0 Å². The van der Waals surface area contributed by atoms with Crippen molar-refractivity contribution in [2.45, 2.75) is 50.6 Å². The first-order valence-corrected chi connectivity index (χ1v) is 12.8. The van der Waals surface area contributed by atoms with Crippen molar-refractivity contribution in [3.8, 4) is 0 Å². The molecule has 174 valence electrons. The number of aliphatic hydroxyl groups is 1. The third kappa shape index (κ3) is 5.67. The van der Waals surface area contributed by atoms with Crippen LogP contribution in [0, 0.1) is 6.92 Å². The highest BCUT2D eigenvalue weighted by atomic mass is 35.5. The van der Waals surface area contributed by atoms with Crippen molar-refractivity contribution in [2.75, 3.05) is 19.6 Å². The van der Waals surface area contributed by atoms with Gasteiger partial charge in [-0.1, -0.05) is 41.9 Å². The number of halogens is 2. The smallest absolute Gasteiger partial charge is 0.243 e. The minimum atomic E-state index is -3.67. The predicted octanol–water partition coefficient (Wildman–Crippen LogP) is 5.24. The number of hydrogen-bond donors (Lipinski definition) is 1. The summed E-state index contributed by atoms with van der Waals surface area (Å²) in [6, 6.07) is 10.4. The summed E-state index contributed by atoms with van der Waals surface area (Å²) < 4.78 is 28.6. The highest BCUT2D eigenvalue weighted by molar-refractivity contribution is 7.89. The number of allylic oxidation sites excluding steroid dienone is 1. The van der Waals surface area contributed by atoms with Crippen LogP contribution in [0.15, 0.2) is 53.6 Å². The van der Waals surface area contributed by atoms with Crippen LogP contribution in [0.2, 0.25) is 10.0 Å². The number of nitrogens with zero attached hydrogens (tertiary/aromatic N) is 2. The molecule has 1 N–H and O–H groups in total. The van der Waals surface area contributed by atoms with Crippen LogP contribution >= 0.6 is 23.2 Å². The van der Waals surface area contributed by atoms with Gasteiger partial charge in [0.1, 0.15) is 0 Å². The van der Waals surface area contributed by atoms with Crippen LogP contribution in [0.3, 0.4) is 0 Å². The Bertz CT molecular complexity index is 1090. The summed E-state index contributed by atoms with van der Waals surface area (Å²) in [5.74, 6) is 0.0139. The van der Waals surface area contributed by atoms with Crippen LogP contribution < -0.4 is 0 Å². The molecule has 1 saturated heterocycles. The normalized spacial score (nSPS) is 20.4. The Labute approximate surface area is 201 Å². The van der Waals surface area contributed by atoms with Crippen molar-refractivity contribution in [1.82, 2.24) is 9.21 Å². The maximum Gasteiger partial charge on any atom is 0.243 e. The topological polar surface area (TPSA) is 60.9 Å². The summed E-state index contributed by atoms with van der Waals surface area (Å²) in [7, 11) is -3.67. The van der Waals surface area contributed by atoms with Crippen molar-refractivity contribution in [3.63, 3.8) is 0 Å². The van der Waals surface area contributed by atoms with Gasteiger partial charge in [0.05, 0.1) is 20.7 Å². The monoisotopic (exact) mass is 496 g/mol. The maximum atomic E-state index is 13.5. The fourth-order valence-corrected chi connectivity index (χ4v) is 6.57. The number of benzene rings is 2. The number of hydrogen-bond acceptors (Lipinski definition) is 4. The molecule has 0 unspecified atom stereocenters. The van der Waals surface area contributed by atoms with E-state index in [0.29, 0.717) is 23.1 Å². The average Bonchev–Trinajstić information content (AvgIpc) is 2.69. The van der Waals surface area contributed by atoms with Gasteiger partial charge in [0.15, 0.2) is 0 Å². The predicted molar refractivity (Wildman–Crippen MR) is 131 cm³/mol. The molecule has 1 aliphatic heterocycles. The molecule has 0 saturated carbocycles. The first kappa shape index (κ1) is 25.1. The second-order valence-electron chi connectivity index (χ2n) is 8.62. The molecule has 2 aromatic rings. The van der Waals surface area contributed by atoms with Crippen LogP contribution in [0.5, 0.6) is 0 Å². The lowest BCUT2D eigenvalue weighted by Crippen LogP contribution is -2.58. The van der Waals surface area contributed by atoms with Gasteiger partial charge >= 0.3 is 0 Å². The molecule has 0 amide bonds.